The lowest BCUT2D eigenvalue weighted by Gasteiger charge is -2.59. The molecule has 0 bridgehead atoms. The molecule has 220 valence electrons. The third-order valence-corrected chi connectivity index (χ3v) is 9.40. The summed E-state index contributed by atoms with van der Waals surface area (Å²) in [5.74, 6) is 1.20. The summed E-state index contributed by atoms with van der Waals surface area (Å²) >= 11 is 0. The number of carbonyl (C=O) groups excluding carboxylic acids is 3. The standard InChI is InChI=1S/C34H42O7/c1-16(2)11-10-12-20-13-21(17(3)4)22-14-32(8)15-33(9)25(18(5)6)28(37)23(19(7)35)30(39)34(33,41)31(40)26(32)29(38)24(22)27(20)36/h13,16-18,25,36-37,40-41H,11,14-15H2,1-9H3/t25?,32-,33-,34+/m1/s1. The van der Waals surface area contributed by atoms with E-state index >= 15 is 0 Å². The molecule has 1 aromatic rings. The lowest BCUT2D eigenvalue weighted by atomic mass is 9.44. The van der Waals surface area contributed by atoms with Gasteiger partial charge in [0.1, 0.15) is 22.8 Å². The van der Waals surface area contributed by atoms with E-state index in [4.69, 9.17) is 0 Å². The Morgan fingerprint density at radius 1 is 1.07 bits per heavy atom. The highest BCUT2D eigenvalue weighted by Crippen LogP contribution is 2.65. The number of phenols is 1. The zero-order chi connectivity index (χ0) is 31.0. The SMILES string of the molecule is CC(=O)C1=C(O)C(C(C)C)[C@@]2(C)C[C@@]3(C)Cc4c(C(C)C)cc(C#CCC(C)C)c(O)c4C(=O)C3=C(O)[C@@]2(O)C1=O. The van der Waals surface area contributed by atoms with Crippen molar-refractivity contribution in [2.24, 2.45) is 28.6 Å². The molecule has 0 aliphatic heterocycles. The molecule has 7 heteroatoms. The van der Waals surface area contributed by atoms with E-state index in [0.717, 1.165) is 12.5 Å². The maximum atomic E-state index is 14.3. The second-order valence-corrected chi connectivity index (χ2v) is 13.7. The molecule has 3 aliphatic carbocycles. The van der Waals surface area contributed by atoms with Crippen molar-refractivity contribution in [2.75, 3.05) is 0 Å². The van der Waals surface area contributed by atoms with E-state index in [9.17, 15) is 34.8 Å². The van der Waals surface area contributed by atoms with Gasteiger partial charge in [0.05, 0.1) is 11.1 Å². The summed E-state index contributed by atoms with van der Waals surface area (Å²) in [7, 11) is 0. The fourth-order valence-electron chi connectivity index (χ4n) is 7.79. The maximum Gasteiger partial charge on any atom is 0.209 e. The van der Waals surface area contributed by atoms with Crippen LogP contribution in [0.15, 0.2) is 28.7 Å². The molecular weight excluding hydrogens is 520 g/mol. The van der Waals surface area contributed by atoms with Crippen LogP contribution in [-0.2, 0) is 16.0 Å². The number of aliphatic hydroxyl groups excluding tert-OH is 2. The number of aromatic hydroxyl groups is 1. The van der Waals surface area contributed by atoms with Gasteiger partial charge in [-0.2, -0.15) is 0 Å². The van der Waals surface area contributed by atoms with E-state index in [1.165, 1.54) is 0 Å². The number of allylic oxidation sites excluding steroid dienone is 2. The molecular formula is C34H42O7. The Bertz CT molecular complexity index is 1490. The number of Topliss-reactive ketones (excluding diaryl/α,β-unsaturated/α-hetero) is 3. The number of carbonyl (C=O) groups is 3. The quantitative estimate of drug-likeness (QED) is 0.267. The molecule has 0 heterocycles. The lowest BCUT2D eigenvalue weighted by molar-refractivity contribution is -0.171. The van der Waals surface area contributed by atoms with Crippen molar-refractivity contribution in [3.63, 3.8) is 0 Å². The minimum Gasteiger partial charge on any atom is -0.511 e. The van der Waals surface area contributed by atoms with Gasteiger partial charge in [0.25, 0.3) is 0 Å². The van der Waals surface area contributed by atoms with Crippen LogP contribution in [0.25, 0.3) is 0 Å². The van der Waals surface area contributed by atoms with E-state index in [1.54, 1.807) is 6.92 Å². The van der Waals surface area contributed by atoms with Gasteiger partial charge >= 0.3 is 0 Å². The second kappa shape index (κ2) is 9.87. The van der Waals surface area contributed by atoms with Gasteiger partial charge in [-0.25, -0.2) is 0 Å². The molecule has 0 radical (unpaired) electrons. The summed E-state index contributed by atoms with van der Waals surface area (Å²) in [4.78, 5) is 40.7. The van der Waals surface area contributed by atoms with E-state index in [1.807, 2.05) is 54.5 Å². The van der Waals surface area contributed by atoms with Gasteiger partial charge in [0, 0.05) is 28.7 Å². The zero-order valence-corrected chi connectivity index (χ0v) is 25.5. The highest BCUT2D eigenvalue weighted by atomic mass is 16.3. The highest BCUT2D eigenvalue weighted by Gasteiger charge is 2.71. The van der Waals surface area contributed by atoms with Crippen molar-refractivity contribution in [1.29, 1.82) is 0 Å². The average Bonchev–Trinajstić information content (AvgIpc) is 2.81. The zero-order valence-electron chi connectivity index (χ0n) is 25.5. The largest absolute Gasteiger partial charge is 0.511 e. The first kappa shape index (κ1) is 30.6. The first-order valence-electron chi connectivity index (χ1n) is 14.4. The van der Waals surface area contributed by atoms with E-state index in [0.29, 0.717) is 23.5 Å². The number of rotatable bonds is 4. The van der Waals surface area contributed by atoms with Crippen LogP contribution in [0.4, 0.5) is 0 Å². The van der Waals surface area contributed by atoms with Crippen molar-refractivity contribution in [1.82, 2.24) is 0 Å². The van der Waals surface area contributed by atoms with Crippen LogP contribution in [0, 0.1) is 40.4 Å². The Labute approximate surface area is 242 Å². The third kappa shape index (κ3) is 4.17. The first-order chi connectivity index (χ1) is 18.8. The molecule has 41 heavy (non-hydrogen) atoms. The number of phenolic OH excluding ortho intramolecular Hbond substituents is 1. The van der Waals surface area contributed by atoms with E-state index in [2.05, 4.69) is 11.8 Å². The lowest BCUT2D eigenvalue weighted by Crippen LogP contribution is -2.67. The van der Waals surface area contributed by atoms with Crippen LogP contribution in [-0.4, -0.2) is 43.4 Å². The van der Waals surface area contributed by atoms with Crippen molar-refractivity contribution in [3.05, 3.63) is 51.0 Å². The topological polar surface area (TPSA) is 132 Å². The molecule has 7 nitrogen and oxygen atoms in total. The Morgan fingerprint density at radius 2 is 1.68 bits per heavy atom. The predicted molar refractivity (Wildman–Crippen MR) is 156 cm³/mol. The van der Waals surface area contributed by atoms with Gasteiger partial charge in [-0.05, 0) is 54.7 Å². The molecule has 0 amide bonds. The molecule has 1 unspecified atom stereocenters. The Kier molecular flexibility index (Phi) is 7.36. The molecule has 0 aromatic heterocycles. The number of aliphatic hydroxyl groups is 3. The Morgan fingerprint density at radius 3 is 2.20 bits per heavy atom. The smallest absolute Gasteiger partial charge is 0.209 e. The molecule has 3 aliphatic rings. The summed E-state index contributed by atoms with van der Waals surface area (Å²) in [6.45, 7) is 16.3. The molecule has 4 N–H and O–H groups in total. The van der Waals surface area contributed by atoms with Crippen molar-refractivity contribution < 1.29 is 34.8 Å². The number of benzene rings is 1. The number of hydrogen-bond acceptors (Lipinski definition) is 7. The number of fused-ring (bicyclic) bond motifs is 3. The number of hydrogen-bond donors (Lipinski definition) is 4. The second-order valence-electron chi connectivity index (χ2n) is 13.7. The van der Waals surface area contributed by atoms with Crippen LogP contribution < -0.4 is 0 Å². The van der Waals surface area contributed by atoms with Crippen molar-refractivity contribution >= 4 is 17.3 Å². The molecule has 4 atom stereocenters. The molecule has 4 rings (SSSR count). The number of ketones is 3. The minimum atomic E-state index is -2.62. The van der Waals surface area contributed by atoms with Gasteiger partial charge in [0.15, 0.2) is 17.2 Å². The molecule has 0 saturated heterocycles. The Balaban J connectivity index is 2.06. The highest BCUT2D eigenvalue weighted by molar-refractivity contribution is 6.25. The van der Waals surface area contributed by atoms with Gasteiger partial charge in [-0.3, -0.25) is 14.4 Å². The van der Waals surface area contributed by atoms with E-state index in [-0.39, 0.29) is 41.6 Å². The monoisotopic (exact) mass is 562 g/mol. The predicted octanol–water partition coefficient (Wildman–Crippen LogP) is 5.87. The van der Waals surface area contributed by atoms with Crippen LogP contribution in [0.3, 0.4) is 0 Å². The fraction of sp³-hybridized carbons (Fsp3) is 0.559. The molecule has 0 saturated carbocycles. The van der Waals surface area contributed by atoms with E-state index < -0.39 is 56.8 Å². The first-order valence-corrected chi connectivity index (χ1v) is 14.4. The molecule has 1 aromatic carbocycles. The van der Waals surface area contributed by atoms with Crippen LogP contribution in [0.2, 0.25) is 0 Å². The van der Waals surface area contributed by atoms with Crippen molar-refractivity contribution in [2.45, 2.75) is 93.1 Å². The third-order valence-electron chi connectivity index (χ3n) is 9.40. The van der Waals surface area contributed by atoms with Crippen LogP contribution in [0.5, 0.6) is 5.75 Å². The van der Waals surface area contributed by atoms with Gasteiger partial charge in [0.2, 0.25) is 5.78 Å². The van der Waals surface area contributed by atoms with Gasteiger partial charge in [-0.15, -0.1) is 0 Å². The maximum absolute atomic E-state index is 14.3. The summed E-state index contributed by atoms with van der Waals surface area (Å²) in [5.41, 5.74) is -3.98. The summed E-state index contributed by atoms with van der Waals surface area (Å²) in [6, 6.07) is 1.83. The van der Waals surface area contributed by atoms with Crippen molar-refractivity contribution in [3.8, 4) is 17.6 Å². The van der Waals surface area contributed by atoms with Gasteiger partial charge in [-0.1, -0.05) is 67.2 Å². The molecule has 0 fully saturated rings. The van der Waals surface area contributed by atoms with Crippen LogP contribution in [0.1, 0.15) is 108 Å². The minimum absolute atomic E-state index is 0.00796. The van der Waals surface area contributed by atoms with Crippen LogP contribution >= 0.6 is 0 Å². The van der Waals surface area contributed by atoms with Gasteiger partial charge < -0.3 is 20.4 Å². The Hall–Kier alpha value is -3.37. The normalized spacial score (nSPS) is 29.4. The summed E-state index contributed by atoms with van der Waals surface area (Å²) in [5, 5.41) is 46.6. The summed E-state index contributed by atoms with van der Waals surface area (Å²) < 4.78 is 0. The average molecular weight is 563 g/mol. The fourth-order valence-corrected chi connectivity index (χ4v) is 7.79. The summed E-state index contributed by atoms with van der Waals surface area (Å²) in [6.07, 6.45) is 0.928. The molecule has 0 spiro atoms.